The topological polar surface area (TPSA) is 88.3 Å². The van der Waals surface area contributed by atoms with Gasteiger partial charge in [0.2, 0.25) is 0 Å². The van der Waals surface area contributed by atoms with E-state index in [2.05, 4.69) is 10.4 Å². The molecule has 1 saturated heterocycles. The number of piperidine rings is 1. The zero-order valence-corrected chi connectivity index (χ0v) is 11.9. The van der Waals surface area contributed by atoms with E-state index < -0.39 is 10.0 Å². The van der Waals surface area contributed by atoms with Crippen LogP contribution in [0.15, 0.2) is 23.4 Å². The fourth-order valence-electron chi connectivity index (χ4n) is 2.52. The highest BCUT2D eigenvalue weighted by Crippen LogP contribution is 2.28. The van der Waals surface area contributed by atoms with E-state index in [1.807, 2.05) is 6.92 Å². The van der Waals surface area contributed by atoms with E-state index in [9.17, 15) is 8.42 Å². The molecule has 1 aromatic rings. The molecule has 19 heavy (non-hydrogen) atoms. The molecule has 2 rings (SSSR count). The van der Waals surface area contributed by atoms with Gasteiger partial charge in [0.25, 0.3) is 10.0 Å². The van der Waals surface area contributed by atoms with Crippen LogP contribution in [0.4, 0.5) is 5.69 Å². The summed E-state index contributed by atoms with van der Waals surface area (Å²) in [5.74, 6) is 5.37. The normalized spacial score (nSPS) is 21.3. The van der Waals surface area contributed by atoms with Crippen molar-refractivity contribution in [3.63, 3.8) is 0 Å². The van der Waals surface area contributed by atoms with Crippen LogP contribution in [0.25, 0.3) is 0 Å². The highest BCUT2D eigenvalue weighted by atomic mass is 32.2. The van der Waals surface area contributed by atoms with E-state index >= 15 is 0 Å². The molecule has 1 aliphatic rings. The van der Waals surface area contributed by atoms with Gasteiger partial charge in [0.05, 0.1) is 5.69 Å². The van der Waals surface area contributed by atoms with Crippen molar-refractivity contribution in [3.05, 3.63) is 18.3 Å². The first-order valence-corrected chi connectivity index (χ1v) is 7.98. The van der Waals surface area contributed by atoms with Gasteiger partial charge in [-0.15, -0.1) is 0 Å². The van der Waals surface area contributed by atoms with Crippen LogP contribution in [0.5, 0.6) is 0 Å². The number of nitrogens with one attached hydrogen (secondary N) is 1. The zero-order valence-electron chi connectivity index (χ0n) is 11.0. The molecular weight excluding hydrogens is 264 g/mol. The van der Waals surface area contributed by atoms with Gasteiger partial charge in [-0.1, -0.05) is 13.3 Å². The smallest absolute Gasteiger partial charge is 0.262 e. The average molecular weight is 284 g/mol. The Bertz CT molecular complexity index is 532. The quantitative estimate of drug-likeness (QED) is 0.643. The highest BCUT2D eigenvalue weighted by molar-refractivity contribution is 7.89. The lowest BCUT2D eigenvalue weighted by molar-refractivity contribution is 0.246. The van der Waals surface area contributed by atoms with Crippen molar-refractivity contribution in [3.8, 4) is 0 Å². The maximum Gasteiger partial charge on any atom is 0.262 e. The third-order valence-corrected chi connectivity index (χ3v) is 5.44. The fraction of sp³-hybridized carbons (Fsp3) is 0.583. The summed E-state index contributed by atoms with van der Waals surface area (Å²) >= 11 is 0. The minimum atomic E-state index is -3.59. The lowest BCUT2D eigenvalue weighted by Crippen LogP contribution is -2.43. The Hall–Kier alpha value is -1.18. The molecule has 0 amide bonds. The van der Waals surface area contributed by atoms with Crippen LogP contribution in [-0.4, -0.2) is 30.3 Å². The summed E-state index contributed by atoms with van der Waals surface area (Å²) in [7, 11) is -3.59. The monoisotopic (exact) mass is 284 g/mol. The van der Waals surface area contributed by atoms with Gasteiger partial charge in [-0.2, -0.15) is 4.31 Å². The van der Waals surface area contributed by atoms with Crippen molar-refractivity contribution < 1.29 is 8.42 Å². The second-order valence-corrected chi connectivity index (χ2v) is 6.48. The molecule has 0 spiro atoms. The maximum absolute atomic E-state index is 12.7. The Morgan fingerprint density at radius 3 is 3.00 bits per heavy atom. The number of nitrogens with zero attached hydrogens (tertiary/aromatic N) is 2. The Morgan fingerprint density at radius 2 is 2.32 bits per heavy atom. The number of anilines is 1. The van der Waals surface area contributed by atoms with Crippen molar-refractivity contribution in [2.24, 2.45) is 5.84 Å². The molecule has 1 aliphatic heterocycles. The second kappa shape index (κ2) is 5.85. The lowest BCUT2D eigenvalue weighted by atomic mass is 10.0. The summed E-state index contributed by atoms with van der Waals surface area (Å²) in [6.07, 6.45) is 5.17. The average Bonchev–Trinajstić information content (AvgIpc) is 2.47. The SMILES string of the molecule is CCC1CCCCN1S(=O)(=O)c1ncccc1NN. The second-order valence-electron chi connectivity index (χ2n) is 4.67. The number of hydrogen-bond donors (Lipinski definition) is 2. The summed E-state index contributed by atoms with van der Waals surface area (Å²) < 4.78 is 27.0. The predicted octanol–water partition coefficient (Wildman–Crippen LogP) is 1.32. The minimum absolute atomic E-state index is 0.0119. The molecule has 1 aromatic heterocycles. The largest absolute Gasteiger partial charge is 0.321 e. The number of aromatic nitrogens is 1. The number of pyridine rings is 1. The standard InChI is InChI=1S/C12H20N4O2S/c1-2-10-6-3-4-9-16(10)19(17,18)12-11(15-13)7-5-8-14-12/h5,7-8,10,15H,2-4,6,9,13H2,1H3. The third-order valence-electron chi connectivity index (χ3n) is 3.52. The van der Waals surface area contributed by atoms with Gasteiger partial charge in [0.1, 0.15) is 0 Å². The number of rotatable bonds is 4. The molecule has 1 atom stereocenters. The molecule has 0 aliphatic carbocycles. The van der Waals surface area contributed by atoms with E-state index in [1.54, 1.807) is 16.4 Å². The van der Waals surface area contributed by atoms with Crippen LogP contribution in [0.3, 0.4) is 0 Å². The van der Waals surface area contributed by atoms with Crippen LogP contribution in [-0.2, 0) is 10.0 Å². The summed E-state index contributed by atoms with van der Waals surface area (Å²) in [4.78, 5) is 3.99. The van der Waals surface area contributed by atoms with Crippen LogP contribution in [0.1, 0.15) is 32.6 Å². The highest BCUT2D eigenvalue weighted by Gasteiger charge is 2.34. The number of nitrogens with two attached hydrogens (primary N) is 1. The lowest BCUT2D eigenvalue weighted by Gasteiger charge is -2.34. The summed E-state index contributed by atoms with van der Waals surface area (Å²) in [6, 6.07) is 3.33. The number of hydrazine groups is 1. The van der Waals surface area contributed by atoms with E-state index in [4.69, 9.17) is 5.84 Å². The third kappa shape index (κ3) is 2.72. The van der Waals surface area contributed by atoms with E-state index in [0.717, 1.165) is 25.7 Å². The Labute approximate surface area is 114 Å². The molecule has 1 fully saturated rings. The summed E-state index contributed by atoms with van der Waals surface area (Å²) in [5.41, 5.74) is 2.74. The van der Waals surface area contributed by atoms with Crippen molar-refractivity contribution >= 4 is 15.7 Å². The van der Waals surface area contributed by atoms with Gasteiger partial charge < -0.3 is 5.43 Å². The Kier molecular flexibility index (Phi) is 4.38. The van der Waals surface area contributed by atoms with Gasteiger partial charge in [-0.05, 0) is 31.4 Å². The Balaban J connectivity index is 2.40. The van der Waals surface area contributed by atoms with Gasteiger partial charge >= 0.3 is 0 Å². The van der Waals surface area contributed by atoms with Crippen molar-refractivity contribution in [2.75, 3.05) is 12.0 Å². The molecule has 0 radical (unpaired) electrons. The molecular formula is C12H20N4O2S. The molecule has 0 aromatic carbocycles. The van der Waals surface area contributed by atoms with Gasteiger partial charge in [0.15, 0.2) is 5.03 Å². The molecule has 106 valence electrons. The first-order valence-electron chi connectivity index (χ1n) is 6.54. The predicted molar refractivity (Wildman–Crippen MR) is 73.9 cm³/mol. The minimum Gasteiger partial charge on any atom is -0.321 e. The molecule has 3 N–H and O–H groups in total. The first-order chi connectivity index (χ1) is 9.11. The van der Waals surface area contributed by atoms with Gasteiger partial charge in [-0.3, -0.25) is 5.84 Å². The molecule has 6 nitrogen and oxygen atoms in total. The first kappa shape index (κ1) is 14.2. The van der Waals surface area contributed by atoms with Crippen LogP contribution in [0.2, 0.25) is 0 Å². The van der Waals surface area contributed by atoms with Crippen molar-refractivity contribution in [1.82, 2.24) is 9.29 Å². The summed E-state index contributed by atoms with van der Waals surface area (Å²) in [5, 5.41) is 0.0119. The van der Waals surface area contributed by atoms with E-state index in [0.29, 0.717) is 12.2 Å². The fourth-order valence-corrected chi connectivity index (χ4v) is 4.35. The van der Waals surface area contributed by atoms with Crippen LogP contribution in [0, 0.1) is 0 Å². The number of hydrogen-bond acceptors (Lipinski definition) is 5. The number of sulfonamides is 1. The Morgan fingerprint density at radius 1 is 1.53 bits per heavy atom. The molecule has 0 saturated carbocycles. The molecule has 2 heterocycles. The van der Waals surface area contributed by atoms with Crippen molar-refractivity contribution in [1.29, 1.82) is 0 Å². The van der Waals surface area contributed by atoms with Gasteiger partial charge in [-0.25, -0.2) is 13.4 Å². The van der Waals surface area contributed by atoms with E-state index in [-0.39, 0.29) is 11.1 Å². The van der Waals surface area contributed by atoms with E-state index in [1.165, 1.54) is 6.20 Å². The zero-order chi connectivity index (χ0) is 13.9. The molecule has 0 bridgehead atoms. The number of nitrogen functional groups attached to an aromatic ring is 1. The maximum atomic E-state index is 12.7. The molecule has 7 heteroatoms. The van der Waals surface area contributed by atoms with Crippen molar-refractivity contribution in [2.45, 2.75) is 43.7 Å². The molecule has 1 unspecified atom stereocenters. The van der Waals surface area contributed by atoms with Crippen LogP contribution < -0.4 is 11.3 Å². The van der Waals surface area contributed by atoms with Gasteiger partial charge in [0, 0.05) is 18.8 Å². The van der Waals surface area contributed by atoms with Crippen LogP contribution >= 0.6 is 0 Å². The summed E-state index contributed by atoms with van der Waals surface area (Å²) in [6.45, 7) is 2.57.